The van der Waals surface area contributed by atoms with Gasteiger partial charge in [0.15, 0.2) is 0 Å². The van der Waals surface area contributed by atoms with Gasteiger partial charge in [-0.25, -0.2) is 13.1 Å². The molecule has 0 fully saturated rings. The Hall–Kier alpha value is -0.820. The minimum Gasteiger partial charge on any atom is -0.245 e. The summed E-state index contributed by atoms with van der Waals surface area (Å²) in [6, 6.07) is 10.8. The van der Waals surface area contributed by atoms with Crippen molar-refractivity contribution in [1.82, 2.24) is 4.72 Å². The maximum Gasteiger partial charge on any atom is 0.244 e. The highest BCUT2D eigenvalue weighted by molar-refractivity contribution is 8.71. The van der Waals surface area contributed by atoms with E-state index in [2.05, 4.69) is 4.72 Å². The first-order valence-corrected chi connectivity index (χ1v) is 9.03. The molecule has 18 heavy (non-hydrogen) atoms. The average molecular weight is 299 g/mol. The molecule has 0 amide bonds. The Bertz CT molecular complexity index is 589. The average Bonchev–Trinajstić information content (AvgIpc) is 2.82. The fourth-order valence-corrected chi connectivity index (χ4v) is 4.28. The lowest BCUT2D eigenvalue weighted by Crippen LogP contribution is -2.07. The quantitative estimate of drug-likeness (QED) is 0.680. The van der Waals surface area contributed by atoms with Gasteiger partial charge in [0.2, 0.25) is 8.87 Å². The number of aryl methyl sites for hydroxylation is 1. The van der Waals surface area contributed by atoms with E-state index < -0.39 is 8.87 Å². The summed E-state index contributed by atoms with van der Waals surface area (Å²) in [5.41, 5.74) is 1.05. The van der Waals surface area contributed by atoms with Crippen LogP contribution >= 0.6 is 22.3 Å². The molecule has 0 aliphatic heterocycles. The lowest BCUT2D eigenvalue weighted by Gasteiger charge is -2.04. The molecule has 0 spiro atoms. The zero-order valence-corrected chi connectivity index (χ0v) is 12.2. The molecule has 0 aliphatic carbocycles. The van der Waals surface area contributed by atoms with Gasteiger partial charge in [0.25, 0.3) is 0 Å². The second-order valence-electron chi connectivity index (χ2n) is 3.75. The summed E-state index contributed by atoms with van der Waals surface area (Å²) in [6.45, 7) is 2.48. The predicted octanol–water partition coefficient (Wildman–Crippen LogP) is 3.18. The molecule has 0 aliphatic rings. The summed E-state index contributed by atoms with van der Waals surface area (Å²) in [4.78, 5) is 1.44. The van der Waals surface area contributed by atoms with Gasteiger partial charge in [-0.1, -0.05) is 23.8 Å². The Kier molecular flexibility index (Phi) is 4.45. The number of thiophene rings is 1. The van der Waals surface area contributed by atoms with Crippen LogP contribution in [0.5, 0.6) is 0 Å². The van der Waals surface area contributed by atoms with Gasteiger partial charge < -0.3 is 0 Å². The SMILES string of the molecule is Cc1ccc(S(=O)(=O)SNCc2cccs2)cc1. The van der Waals surface area contributed by atoms with Crippen molar-refractivity contribution < 1.29 is 8.42 Å². The standard InChI is InChI=1S/C12H13NO2S3/c1-10-4-6-12(7-5-10)18(14,15)17-13-9-11-3-2-8-16-11/h2-8,13H,9H2,1H3. The molecule has 0 bridgehead atoms. The Morgan fingerprint density at radius 3 is 2.56 bits per heavy atom. The van der Waals surface area contributed by atoms with Crippen LogP contribution in [0.1, 0.15) is 10.4 Å². The minimum absolute atomic E-state index is 0.330. The minimum atomic E-state index is -3.32. The van der Waals surface area contributed by atoms with E-state index in [-0.39, 0.29) is 0 Å². The monoisotopic (exact) mass is 299 g/mol. The molecule has 2 aromatic rings. The third kappa shape index (κ3) is 3.58. The Morgan fingerprint density at radius 2 is 1.94 bits per heavy atom. The fraction of sp³-hybridized carbons (Fsp3) is 0.167. The van der Waals surface area contributed by atoms with Crippen molar-refractivity contribution in [3.63, 3.8) is 0 Å². The predicted molar refractivity (Wildman–Crippen MR) is 77.1 cm³/mol. The van der Waals surface area contributed by atoms with Crippen molar-refractivity contribution >= 4 is 31.2 Å². The summed E-state index contributed by atoms with van der Waals surface area (Å²) in [7, 11) is -2.56. The lowest BCUT2D eigenvalue weighted by molar-refractivity contribution is 0.610. The lowest BCUT2D eigenvalue weighted by atomic mass is 10.2. The molecule has 3 nitrogen and oxygen atoms in total. The van der Waals surface area contributed by atoms with Crippen LogP contribution in [-0.4, -0.2) is 8.42 Å². The molecule has 0 radical (unpaired) electrons. The van der Waals surface area contributed by atoms with Gasteiger partial charge in [-0.2, -0.15) is 0 Å². The third-order valence-corrected chi connectivity index (χ3v) is 6.10. The van der Waals surface area contributed by atoms with Gasteiger partial charge in [0.1, 0.15) is 0 Å². The molecular formula is C12H13NO2S3. The normalized spacial score (nSPS) is 11.6. The van der Waals surface area contributed by atoms with Crippen molar-refractivity contribution in [1.29, 1.82) is 0 Å². The summed E-state index contributed by atoms with van der Waals surface area (Å²) in [5, 5.41) is 1.97. The Morgan fingerprint density at radius 1 is 1.22 bits per heavy atom. The second-order valence-corrected chi connectivity index (χ2v) is 8.43. The Labute approximate surface area is 115 Å². The zero-order valence-electron chi connectivity index (χ0n) is 9.79. The van der Waals surface area contributed by atoms with Gasteiger partial charge in [-0.15, -0.1) is 11.3 Å². The molecule has 2 rings (SSSR count). The topological polar surface area (TPSA) is 46.2 Å². The van der Waals surface area contributed by atoms with E-state index >= 15 is 0 Å². The van der Waals surface area contributed by atoms with Crippen LogP contribution < -0.4 is 4.72 Å². The van der Waals surface area contributed by atoms with Crippen molar-refractivity contribution in [2.75, 3.05) is 0 Å². The van der Waals surface area contributed by atoms with E-state index in [9.17, 15) is 8.42 Å². The van der Waals surface area contributed by atoms with E-state index in [0.29, 0.717) is 11.4 Å². The molecule has 1 aromatic heterocycles. The van der Waals surface area contributed by atoms with Crippen LogP contribution in [0.4, 0.5) is 0 Å². The number of hydrogen-bond donors (Lipinski definition) is 1. The molecule has 0 saturated heterocycles. The number of benzene rings is 1. The van der Waals surface area contributed by atoms with Gasteiger partial charge in [0.05, 0.1) is 15.9 Å². The molecule has 6 heteroatoms. The van der Waals surface area contributed by atoms with Crippen molar-refractivity contribution in [3.8, 4) is 0 Å². The zero-order chi connectivity index (χ0) is 13.0. The Balaban J connectivity index is 1.97. The summed E-state index contributed by atoms with van der Waals surface area (Å²) >= 11 is 1.60. The summed E-state index contributed by atoms with van der Waals surface area (Å²) in [5.74, 6) is 0. The highest BCUT2D eigenvalue weighted by Crippen LogP contribution is 2.21. The maximum atomic E-state index is 12.0. The number of rotatable bonds is 5. The largest absolute Gasteiger partial charge is 0.245 e. The molecule has 0 atom stereocenters. The van der Waals surface area contributed by atoms with E-state index in [1.54, 1.807) is 35.6 Å². The van der Waals surface area contributed by atoms with Gasteiger partial charge in [0, 0.05) is 11.4 Å². The highest BCUT2D eigenvalue weighted by atomic mass is 33.1. The molecule has 1 N–H and O–H groups in total. The third-order valence-electron chi connectivity index (χ3n) is 2.30. The van der Waals surface area contributed by atoms with Crippen LogP contribution in [-0.2, 0) is 15.4 Å². The van der Waals surface area contributed by atoms with E-state index in [4.69, 9.17) is 0 Å². The fourth-order valence-electron chi connectivity index (χ4n) is 1.34. The van der Waals surface area contributed by atoms with Crippen LogP contribution in [0, 0.1) is 6.92 Å². The molecule has 1 heterocycles. The van der Waals surface area contributed by atoms with Crippen molar-refractivity contribution in [2.24, 2.45) is 0 Å². The van der Waals surface area contributed by atoms with Gasteiger partial charge in [-0.05, 0) is 30.5 Å². The first-order chi connectivity index (χ1) is 8.58. The van der Waals surface area contributed by atoms with Crippen molar-refractivity contribution in [2.45, 2.75) is 18.4 Å². The van der Waals surface area contributed by atoms with Gasteiger partial charge in [-0.3, -0.25) is 0 Å². The van der Waals surface area contributed by atoms with E-state index in [1.807, 2.05) is 24.4 Å². The second kappa shape index (κ2) is 5.88. The summed E-state index contributed by atoms with van der Waals surface area (Å²) < 4.78 is 26.8. The van der Waals surface area contributed by atoms with Gasteiger partial charge >= 0.3 is 0 Å². The first-order valence-electron chi connectivity index (χ1n) is 5.33. The maximum absolute atomic E-state index is 12.0. The smallest absolute Gasteiger partial charge is 0.244 e. The molecule has 1 aromatic carbocycles. The molecule has 96 valence electrons. The van der Waals surface area contributed by atoms with Crippen LogP contribution in [0.25, 0.3) is 0 Å². The highest BCUT2D eigenvalue weighted by Gasteiger charge is 2.14. The number of nitrogens with one attached hydrogen (secondary N) is 1. The first kappa shape index (κ1) is 13.6. The molecule has 0 saturated carbocycles. The molecule has 0 unspecified atom stereocenters. The van der Waals surface area contributed by atoms with E-state index in [1.165, 1.54) is 0 Å². The van der Waals surface area contributed by atoms with Crippen LogP contribution in [0.15, 0.2) is 46.7 Å². The molecular weight excluding hydrogens is 286 g/mol. The van der Waals surface area contributed by atoms with Crippen LogP contribution in [0.2, 0.25) is 0 Å². The van der Waals surface area contributed by atoms with Crippen molar-refractivity contribution in [3.05, 3.63) is 52.2 Å². The van der Waals surface area contributed by atoms with Crippen LogP contribution in [0.3, 0.4) is 0 Å². The number of hydrogen-bond acceptors (Lipinski definition) is 5. The van der Waals surface area contributed by atoms with E-state index in [0.717, 1.165) is 21.4 Å². The summed E-state index contributed by atoms with van der Waals surface area (Å²) in [6.07, 6.45) is 0.